The van der Waals surface area contributed by atoms with Gasteiger partial charge >= 0.3 is 0 Å². The Morgan fingerprint density at radius 2 is 1.94 bits per heavy atom. The van der Waals surface area contributed by atoms with Gasteiger partial charge in [-0.15, -0.1) is 0 Å². The minimum absolute atomic E-state index is 0.529. The molecule has 0 aliphatic carbocycles. The van der Waals surface area contributed by atoms with Crippen molar-refractivity contribution in [1.29, 1.82) is 0 Å². The Bertz CT molecular complexity index is 575. The Kier molecular flexibility index (Phi) is 4.00. The summed E-state index contributed by atoms with van der Waals surface area (Å²) in [4.78, 5) is 8.02. The first kappa shape index (κ1) is 13.1. The number of nitrogens with two attached hydrogens (primary N) is 1. The van der Waals surface area contributed by atoms with Gasteiger partial charge in [0, 0.05) is 15.6 Å². The van der Waals surface area contributed by atoms with Gasteiger partial charge < -0.3 is 10.7 Å². The molecule has 94 valence electrons. The molecule has 2 aromatic rings. The quantitative estimate of drug-likeness (QED) is 0.596. The maximum Gasteiger partial charge on any atom is 0.145 e. The first-order valence-corrected chi connectivity index (χ1v) is 6.28. The fraction of sp³-hybridized carbons (Fsp3) is 0.0909. The van der Waals surface area contributed by atoms with E-state index in [1.54, 1.807) is 6.07 Å². The Morgan fingerprint density at radius 1 is 1.22 bits per heavy atom. The highest BCUT2D eigenvalue weighted by atomic mass is 79.9. The zero-order chi connectivity index (χ0) is 13.1. The number of nitrogens with one attached hydrogen (secondary N) is 2. The van der Waals surface area contributed by atoms with E-state index in [2.05, 4.69) is 36.6 Å². The van der Waals surface area contributed by atoms with Crippen molar-refractivity contribution >= 4 is 44.9 Å². The lowest BCUT2D eigenvalue weighted by atomic mass is 10.2. The van der Waals surface area contributed by atoms with Crippen LogP contribution in [-0.2, 0) is 0 Å². The van der Waals surface area contributed by atoms with E-state index in [9.17, 15) is 0 Å². The predicted molar refractivity (Wildman–Crippen MR) is 77.0 cm³/mol. The Hall–Kier alpha value is -1.37. The zero-order valence-corrected chi connectivity index (χ0v) is 11.9. The molecule has 1 aromatic heterocycles. The second kappa shape index (κ2) is 5.51. The Morgan fingerprint density at radius 3 is 2.67 bits per heavy atom. The summed E-state index contributed by atoms with van der Waals surface area (Å²) in [6, 6.07) is 5.47. The van der Waals surface area contributed by atoms with Crippen LogP contribution >= 0.6 is 27.5 Å². The van der Waals surface area contributed by atoms with Crippen molar-refractivity contribution in [3.8, 4) is 0 Å². The van der Waals surface area contributed by atoms with Gasteiger partial charge in [-0.25, -0.2) is 15.8 Å². The van der Waals surface area contributed by atoms with E-state index in [1.165, 1.54) is 6.33 Å². The minimum Gasteiger partial charge on any atom is -0.339 e. The molecule has 0 bridgehead atoms. The second-order valence-electron chi connectivity index (χ2n) is 3.64. The molecular weight excluding hydrogens is 318 g/mol. The van der Waals surface area contributed by atoms with Crippen LogP contribution in [0.2, 0.25) is 5.02 Å². The molecule has 0 atom stereocenters. The molecule has 1 heterocycles. The van der Waals surface area contributed by atoms with Crippen molar-refractivity contribution in [1.82, 2.24) is 9.97 Å². The first-order valence-electron chi connectivity index (χ1n) is 5.11. The molecule has 0 radical (unpaired) electrons. The normalized spacial score (nSPS) is 10.2. The van der Waals surface area contributed by atoms with Crippen LogP contribution in [0.1, 0.15) is 5.56 Å². The van der Waals surface area contributed by atoms with E-state index in [0.29, 0.717) is 16.7 Å². The maximum absolute atomic E-state index is 6.08. The SMILES string of the molecule is Cc1cc(Br)c(Nc2cc(NN)ncn2)cc1Cl. The monoisotopic (exact) mass is 327 g/mol. The van der Waals surface area contributed by atoms with Crippen LogP contribution in [0.15, 0.2) is 29.0 Å². The van der Waals surface area contributed by atoms with Gasteiger partial charge in [0.25, 0.3) is 0 Å². The second-order valence-corrected chi connectivity index (χ2v) is 4.90. The molecule has 5 nitrogen and oxygen atoms in total. The summed E-state index contributed by atoms with van der Waals surface area (Å²) in [6.07, 6.45) is 1.42. The van der Waals surface area contributed by atoms with Crippen molar-refractivity contribution in [2.45, 2.75) is 6.92 Å². The van der Waals surface area contributed by atoms with E-state index in [1.807, 2.05) is 19.1 Å². The van der Waals surface area contributed by atoms with Crippen molar-refractivity contribution in [2.24, 2.45) is 5.84 Å². The summed E-state index contributed by atoms with van der Waals surface area (Å²) >= 11 is 9.55. The number of aromatic nitrogens is 2. The Labute approximate surface area is 118 Å². The van der Waals surface area contributed by atoms with Gasteiger partial charge in [-0.2, -0.15) is 0 Å². The van der Waals surface area contributed by atoms with Gasteiger partial charge in [0.15, 0.2) is 0 Å². The average molecular weight is 329 g/mol. The summed E-state index contributed by atoms with van der Waals surface area (Å²) in [5.74, 6) is 6.44. The van der Waals surface area contributed by atoms with E-state index < -0.39 is 0 Å². The molecule has 2 rings (SSSR count). The Balaban J connectivity index is 2.30. The number of hydrogen-bond donors (Lipinski definition) is 3. The van der Waals surface area contributed by atoms with Crippen LogP contribution in [0.5, 0.6) is 0 Å². The van der Waals surface area contributed by atoms with E-state index in [0.717, 1.165) is 15.7 Å². The van der Waals surface area contributed by atoms with Crippen molar-refractivity contribution in [3.05, 3.63) is 39.6 Å². The molecule has 18 heavy (non-hydrogen) atoms. The highest BCUT2D eigenvalue weighted by Gasteiger charge is 2.06. The number of hydrazine groups is 1. The predicted octanol–water partition coefficient (Wildman–Crippen LogP) is 3.23. The van der Waals surface area contributed by atoms with Crippen molar-refractivity contribution < 1.29 is 0 Å². The number of nitrogens with zero attached hydrogens (tertiary/aromatic N) is 2. The van der Waals surface area contributed by atoms with Crippen molar-refractivity contribution in [2.75, 3.05) is 10.7 Å². The van der Waals surface area contributed by atoms with Crippen LogP contribution < -0.4 is 16.6 Å². The minimum atomic E-state index is 0.529. The highest BCUT2D eigenvalue weighted by molar-refractivity contribution is 9.10. The average Bonchev–Trinajstić information content (AvgIpc) is 2.36. The molecule has 0 saturated carbocycles. The van der Waals surface area contributed by atoms with Gasteiger partial charge in [0.1, 0.15) is 18.0 Å². The zero-order valence-electron chi connectivity index (χ0n) is 9.54. The third-order valence-electron chi connectivity index (χ3n) is 2.33. The van der Waals surface area contributed by atoms with E-state index in [-0.39, 0.29) is 0 Å². The molecule has 0 amide bonds. The fourth-order valence-electron chi connectivity index (χ4n) is 1.38. The van der Waals surface area contributed by atoms with Gasteiger partial charge in [-0.05, 0) is 40.5 Å². The summed E-state index contributed by atoms with van der Waals surface area (Å²) in [5, 5.41) is 3.82. The third kappa shape index (κ3) is 2.90. The highest BCUT2D eigenvalue weighted by Crippen LogP contribution is 2.31. The molecule has 0 aliphatic rings. The summed E-state index contributed by atoms with van der Waals surface area (Å²) in [6.45, 7) is 1.94. The van der Waals surface area contributed by atoms with E-state index in [4.69, 9.17) is 17.4 Å². The van der Waals surface area contributed by atoms with Gasteiger partial charge in [0.05, 0.1) is 5.69 Å². The third-order valence-corrected chi connectivity index (χ3v) is 3.39. The lowest BCUT2D eigenvalue weighted by Gasteiger charge is -2.10. The number of anilines is 3. The lowest BCUT2D eigenvalue weighted by Crippen LogP contribution is -2.09. The summed E-state index contributed by atoms with van der Waals surface area (Å²) in [5.41, 5.74) is 4.29. The van der Waals surface area contributed by atoms with Crippen LogP contribution in [0.4, 0.5) is 17.3 Å². The van der Waals surface area contributed by atoms with Crippen LogP contribution in [0.25, 0.3) is 0 Å². The van der Waals surface area contributed by atoms with Crippen molar-refractivity contribution in [3.63, 3.8) is 0 Å². The number of halogens is 2. The smallest absolute Gasteiger partial charge is 0.145 e. The molecular formula is C11H11BrClN5. The number of benzene rings is 1. The molecule has 0 aliphatic heterocycles. The van der Waals surface area contributed by atoms with Gasteiger partial charge in [-0.1, -0.05) is 11.6 Å². The summed E-state index contributed by atoms with van der Waals surface area (Å²) < 4.78 is 0.908. The first-order chi connectivity index (χ1) is 8.60. The molecule has 0 saturated heterocycles. The molecule has 1 aromatic carbocycles. The largest absolute Gasteiger partial charge is 0.339 e. The molecule has 7 heteroatoms. The maximum atomic E-state index is 6.08. The van der Waals surface area contributed by atoms with Gasteiger partial charge in [0.2, 0.25) is 0 Å². The fourth-order valence-corrected chi connectivity index (χ4v) is 2.11. The molecule has 0 fully saturated rings. The van der Waals surface area contributed by atoms with E-state index >= 15 is 0 Å². The molecule has 0 unspecified atom stereocenters. The van der Waals surface area contributed by atoms with Crippen LogP contribution in [0.3, 0.4) is 0 Å². The molecule has 4 N–H and O–H groups in total. The summed E-state index contributed by atoms with van der Waals surface area (Å²) in [7, 11) is 0. The van der Waals surface area contributed by atoms with Gasteiger partial charge in [-0.3, -0.25) is 0 Å². The number of rotatable bonds is 3. The molecule has 0 spiro atoms. The van der Waals surface area contributed by atoms with Crippen LogP contribution in [0, 0.1) is 6.92 Å². The number of aryl methyl sites for hydroxylation is 1. The number of hydrogen-bond acceptors (Lipinski definition) is 5. The number of nitrogen functional groups attached to an aromatic ring is 1. The van der Waals surface area contributed by atoms with Crippen LogP contribution in [-0.4, -0.2) is 9.97 Å². The topological polar surface area (TPSA) is 75.9 Å². The lowest BCUT2D eigenvalue weighted by molar-refractivity contribution is 1.14. The standard InChI is InChI=1S/C11H11BrClN5/c1-6-2-7(12)9(3-8(6)13)17-10-4-11(18-14)16-5-15-10/h2-5H,14H2,1H3,(H2,15,16,17,18).